The number of amides is 2. The molecule has 1 unspecified atom stereocenters. The van der Waals surface area contributed by atoms with Crippen molar-refractivity contribution in [1.82, 2.24) is 10.2 Å². The number of rotatable bonds is 5. The Morgan fingerprint density at radius 3 is 2.78 bits per heavy atom. The van der Waals surface area contributed by atoms with Crippen LogP contribution in [0.3, 0.4) is 0 Å². The van der Waals surface area contributed by atoms with Gasteiger partial charge in [-0.1, -0.05) is 18.2 Å². The average Bonchev–Trinajstić information content (AvgIpc) is 2.65. The lowest BCUT2D eigenvalue weighted by Gasteiger charge is -2.37. The first-order valence-electron chi connectivity index (χ1n) is 9.04. The van der Waals surface area contributed by atoms with Gasteiger partial charge in [-0.15, -0.1) is 0 Å². The van der Waals surface area contributed by atoms with Gasteiger partial charge in [-0.3, -0.25) is 9.59 Å². The zero-order chi connectivity index (χ0) is 19.4. The minimum atomic E-state index is -0.380. The van der Waals surface area contributed by atoms with Gasteiger partial charge in [-0.05, 0) is 54.3 Å². The summed E-state index contributed by atoms with van der Waals surface area (Å²) in [6.07, 6.45) is 0.720. The molecule has 2 amide bonds. The second-order valence-electron chi connectivity index (χ2n) is 6.52. The van der Waals surface area contributed by atoms with Crippen LogP contribution in [-0.4, -0.2) is 36.4 Å². The van der Waals surface area contributed by atoms with Crippen molar-refractivity contribution >= 4 is 11.8 Å². The number of nitrogens with zero attached hydrogens (tertiary/aromatic N) is 1. The lowest BCUT2D eigenvalue weighted by Crippen LogP contribution is -2.39. The van der Waals surface area contributed by atoms with Crippen LogP contribution in [0.25, 0.3) is 0 Å². The standard InChI is InChI=1S/C21H23FN2O3/c1-3-23-20(26)13-27-18-8-7-15-9-10-24(14(2)25)21(19(15)12-18)16-5-4-6-17(22)11-16/h4-8,11-12,21H,3,9-10,13H2,1-2H3,(H,23,26). The van der Waals surface area contributed by atoms with Crippen molar-refractivity contribution in [3.63, 3.8) is 0 Å². The Kier molecular flexibility index (Phi) is 5.74. The number of likely N-dealkylation sites (N-methyl/N-ethyl adjacent to an activating group) is 1. The van der Waals surface area contributed by atoms with Crippen molar-refractivity contribution in [2.75, 3.05) is 19.7 Å². The summed E-state index contributed by atoms with van der Waals surface area (Å²) in [6.45, 7) is 4.40. The van der Waals surface area contributed by atoms with E-state index in [4.69, 9.17) is 4.74 Å². The van der Waals surface area contributed by atoms with Crippen LogP contribution in [0.15, 0.2) is 42.5 Å². The first kappa shape index (κ1) is 18.9. The van der Waals surface area contributed by atoms with Crippen LogP contribution in [0.5, 0.6) is 5.75 Å². The normalized spacial score (nSPS) is 15.8. The molecule has 0 aliphatic carbocycles. The fourth-order valence-electron chi connectivity index (χ4n) is 3.46. The van der Waals surface area contributed by atoms with Crippen molar-refractivity contribution in [2.45, 2.75) is 26.3 Å². The second kappa shape index (κ2) is 8.20. The van der Waals surface area contributed by atoms with Gasteiger partial charge in [0.2, 0.25) is 5.91 Å². The molecule has 5 nitrogen and oxygen atoms in total. The Morgan fingerprint density at radius 2 is 2.07 bits per heavy atom. The minimum absolute atomic E-state index is 0.0662. The van der Waals surface area contributed by atoms with Gasteiger partial charge in [0, 0.05) is 20.0 Å². The van der Waals surface area contributed by atoms with E-state index < -0.39 is 0 Å². The molecule has 6 heteroatoms. The minimum Gasteiger partial charge on any atom is -0.484 e. The van der Waals surface area contributed by atoms with Gasteiger partial charge in [0.1, 0.15) is 11.6 Å². The Balaban J connectivity index is 1.95. The highest BCUT2D eigenvalue weighted by molar-refractivity contribution is 5.77. The first-order valence-corrected chi connectivity index (χ1v) is 9.04. The molecular weight excluding hydrogens is 347 g/mol. The Labute approximate surface area is 158 Å². The maximum Gasteiger partial charge on any atom is 0.257 e. The van der Waals surface area contributed by atoms with Crippen molar-refractivity contribution < 1.29 is 18.7 Å². The van der Waals surface area contributed by atoms with Gasteiger partial charge in [-0.2, -0.15) is 0 Å². The van der Waals surface area contributed by atoms with E-state index in [9.17, 15) is 14.0 Å². The third kappa shape index (κ3) is 4.27. The van der Waals surface area contributed by atoms with Crippen LogP contribution in [0.1, 0.15) is 36.6 Å². The molecule has 0 fully saturated rings. The van der Waals surface area contributed by atoms with Gasteiger partial charge in [0.25, 0.3) is 5.91 Å². The molecule has 1 N–H and O–H groups in total. The molecule has 0 spiro atoms. The average molecular weight is 370 g/mol. The molecule has 1 aliphatic rings. The summed E-state index contributed by atoms with van der Waals surface area (Å²) in [5.74, 6) is -0.0515. The van der Waals surface area contributed by atoms with E-state index in [1.165, 1.54) is 19.1 Å². The number of carbonyl (C=O) groups is 2. The monoisotopic (exact) mass is 370 g/mol. The zero-order valence-corrected chi connectivity index (χ0v) is 15.5. The number of ether oxygens (including phenoxy) is 1. The Hall–Kier alpha value is -2.89. The molecule has 2 aromatic carbocycles. The van der Waals surface area contributed by atoms with Crippen molar-refractivity contribution in [2.24, 2.45) is 0 Å². The summed E-state index contributed by atoms with van der Waals surface area (Å²) in [5.41, 5.74) is 2.70. The number of benzene rings is 2. The van der Waals surface area contributed by atoms with Crippen LogP contribution >= 0.6 is 0 Å². The summed E-state index contributed by atoms with van der Waals surface area (Å²) in [5, 5.41) is 2.68. The molecule has 27 heavy (non-hydrogen) atoms. The summed E-state index contributed by atoms with van der Waals surface area (Å²) in [7, 11) is 0. The molecule has 0 saturated heterocycles. The number of carbonyl (C=O) groups excluding carboxylic acids is 2. The summed E-state index contributed by atoms with van der Waals surface area (Å²) < 4.78 is 19.4. The van der Waals surface area contributed by atoms with E-state index in [-0.39, 0.29) is 30.3 Å². The smallest absolute Gasteiger partial charge is 0.257 e. The molecule has 0 saturated carbocycles. The van der Waals surface area contributed by atoms with E-state index in [1.807, 2.05) is 31.2 Å². The van der Waals surface area contributed by atoms with Gasteiger partial charge >= 0.3 is 0 Å². The summed E-state index contributed by atoms with van der Waals surface area (Å²) >= 11 is 0. The summed E-state index contributed by atoms with van der Waals surface area (Å²) in [6, 6.07) is 11.5. The maximum atomic E-state index is 13.8. The number of halogens is 1. The second-order valence-corrected chi connectivity index (χ2v) is 6.52. The highest BCUT2D eigenvalue weighted by Crippen LogP contribution is 2.37. The topological polar surface area (TPSA) is 58.6 Å². The van der Waals surface area contributed by atoms with Crippen LogP contribution in [0, 0.1) is 5.82 Å². The molecule has 3 rings (SSSR count). The van der Waals surface area contributed by atoms with E-state index in [0.29, 0.717) is 24.4 Å². The molecule has 0 aromatic heterocycles. The largest absolute Gasteiger partial charge is 0.484 e. The SMILES string of the molecule is CCNC(=O)COc1ccc2c(c1)C(c1cccc(F)c1)N(C(C)=O)CC2. The van der Waals surface area contributed by atoms with Gasteiger partial charge in [0.05, 0.1) is 6.04 Å². The van der Waals surface area contributed by atoms with Crippen LogP contribution in [0.2, 0.25) is 0 Å². The lowest BCUT2D eigenvalue weighted by atomic mass is 9.88. The predicted molar refractivity (Wildman–Crippen MR) is 100.0 cm³/mol. The van der Waals surface area contributed by atoms with Crippen LogP contribution < -0.4 is 10.1 Å². The summed E-state index contributed by atoms with van der Waals surface area (Å²) in [4.78, 5) is 25.6. The highest BCUT2D eigenvalue weighted by Gasteiger charge is 2.31. The van der Waals surface area contributed by atoms with Gasteiger partial charge in [0.15, 0.2) is 6.61 Å². The van der Waals surface area contributed by atoms with Crippen LogP contribution in [0.4, 0.5) is 4.39 Å². The quantitative estimate of drug-likeness (QED) is 0.881. The molecule has 2 aromatic rings. The molecule has 1 heterocycles. The molecule has 1 aliphatic heterocycles. The Morgan fingerprint density at radius 1 is 1.26 bits per heavy atom. The third-order valence-electron chi connectivity index (χ3n) is 4.66. The van der Waals surface area contributed by atoms with Crippen molar-refractivity contribution in [1.29, 1.82) is 0 Å². The number of hydrogen-bond donors (Lipinski definition) is 1. The van der Waals surface area contributed by atoms with Crippen LogP contribution in [-0.2, 0) is 16.0 Å². The number of nitrogens with one attached hydrogen (secondary N) is 1. The molecule has 0 bridgehead atoms. The van der Waals surface area contributed by atoms with E-state index in [2.05, 4.69) is 5.32 Å². The van der Waals surface area contributed by atoms with E-state index in [0.717, 1.165) is 17.5 Å². The Bertz CT molecular complexity index is 853. The van der Waals surface area contributed by atoms with E-state index >= 15 is 0 Å². The molecular formula is C21H23FN2O3. The first-order chi connectivity index (χ1) is 13.0. The highest BCUT2D eigenvalue weighted by atomic mass is 19.1. The number of hydrogen-bond acceptors (Lipinski definition) is 3. The van der Waals surface area contributed by atoms with Gasteiger partial charge in [-0.25, -0.2) is 4.39 Å². The maximum absolute atomic E-state index is 13.8. The number of fused-ring (bicyclic) bond motifs is 1. The predicted octanol–water partition coefficient (Wildman–Crippen LogP) is 2.83. The molecule has 142 valence electrons. The fraction of sp³-hybridized carbons (Fsp3) is 0.333. The molecule has 1 atom stereocenters. The lowest BCUT2D eigenvalue weighted by molar-refractivity contribution is -0.130. The zero-order valence-electron chi connectivity index (χ0n) is 15.5. The van der Waals surface area contributed by atoms with Crippen molar-refractivity contribution in [3.05, 3.63) is 65.0 Å². The van der Waals surface area contributed by atoms with Crippen molar-refractivity contribution in [3.8, 4) is 5.75 Å². The fourth-order valence-corrected chi connectivity index (χ4v) is 3.46. The van der Waals surface area contributed by atoms with E-state index in [1.54, 1.807) is 11.0 Å². The van der Waals surface area contributed by atoms with Gasteiger partial charge < -0.3 is 15.0 Å². The third-order valence-corrected chi connectivity index (χ3v) is 4.66. The molecule has 0 radical (unpaired) electrons.